The topological polar surface area (TPSA) is 9.23 Å². The fourth-order valence-corrected chi connectivity index (χ4v) is 5.39. The molecule has 0 saturated heterocycles. The van der Waals surface area contributed by atoms with Gasteiger partial charge >= 0.3 is 6.36 Å². The molecular weight excluding hydrogens is 411 g/mol. The maximum Gasteiger partial charge on any atom is 0.573 e. The van der Waals surface area contributed by atoms with Crippen molar-refractivity contribution in [3.63, 3.8) is 0 Å². The first-order valence-corrected chi connectivity index (χ1v) is 11.6. The van der Waals surface area contributed by atoms with Crippen LogP contribution in [0.3, 0.4) is 0 Å². The van der Waals surface area contributed by atoms with E-state index in [1.807, 2.05) is 6.08 Å². The summed E-state index contributed by atoms with van der Waals surface area (Å²) in [6, 6.07) is 3.75. The molecule has 0 atom stereocenters. The summed E-state index contributed by atoms with van der Waals surface area (Å²) < 4.78 is 66.5. The van der Waals surface area contributed by atoms with E-state index in [-0.39, 0.29) is 6.67 Å². The Kier molecular flexibility index (Phi) is 8.79. The van der Waals surface area contributed by atoms with Crippen LogP contribution in [-0.4, -0.2) is 13.0 Å². The predicted octanol–water partition coefficient (Wildman–Crippen LogP) is 8.19. The molecule has 1 aromatic rings. The van der Waals surface area contributed by atoms with Crippen LogP contribution in [0.2, 0.25) is 0 Å². The number of hydrogen-bond acceptors (Lipinski definition) is 1. The number of rotatable bonds is 8. The molecule has 0 spiro atoms. The van der Waals surface area contributed by atoms with Crippen molar-refractivity contribution in [2.75, 3.05) is 6.67 Å². The van der Waals surface area contributed by atoms with Gasteiger partial charge in [0.05, 0.1) is 6.67 Å². The van der Waals surface area contributed by atoms with Crippen LogP contribution in [0.4, 0.5) is 22.0 Å². The highest BCUT2D eigenvalue weighted by atomic mass is 19.4. The molecule has 1 nitrogen and oxygen atoms in total. The summed E-state index contributed by atoms with van der Waals surface area (Å²) in [4.78, 5) is 0. The largest absolute Gasteiger partial charge is 0.573 e. The van der Waals surface area contributed by atoms with E-state index in [0.717, 1.165) is 30.4 Å². The molecular formula is C25H33F5O. The summed E-state index contributed by atoms with van der Waals surface area (Å²) in [5, 5.41) is 0. The van der Waals surface area contributed by atoms with Crippen LogP contribution in [0.1, 0.15) is 69.8 Å². The minimum Gasteiger partial charge on any atom is -0.403 e. The minimum atomic E-state index is -4.88. The standard InChI is InChI=1S/C25H33F5O/c26-16-2-1-3-18-6-11-21(12-7-18)22-13-8-19(9-14-22)4-5-20-10-15-24(23(27)17-20)31-25(28,29)30/h1,3,10,15,17-19,21-22H,2,4-9,11-14,16H2/b3-1+. The van der Waals surface area contributed by atoms with E-state index in [0.29, 0.717) is 30.2 Å². The Morgan fingerprint density at radius 1 is 0.935 bits per heavy atom. The molecule has 2 fully saturated rings. The lowest BCUT2D eigenvalue weighted by atomic mass is 9.68. The fraction of sp³-hybridized carbons (Fsp3) is 0.680. The normalized spacial score (nSPS) is 27.5. The second-order valence-corrected chi connectivity index (χ2v) is 9.21. The molecule has 0 N–H and O–H groups in total. The summed E-state index contributed by atoms with van der Waals surface area (Å²) >= 11 is 0. The van der Waals surface area contributed by atoms with Gasteiger partial charge in [-0.1, -0.05) is 31.1 Å². The highest BCUT2D eigenvalue weighted by Gasteiger charge is 2.33. The number of benzene rings is 1. The molecule has 2 aliphatic carbocycles. The molecule has 0 unspecified atom stereocenters. The van der Waals surface area contributed by atoms with Crippen molar-refractivity contribution in [1.82, 2.24) is 0 Å². The van der Waals surface area contributed by atoms with Crippen LogP contribution in [0.5, 0.6) is 5.75 Å². The van der Waals surface area contributed by atoms with Gasteiger partial charge in [0.15, 0.2) is 11.6 Å². The van der Waals surface area contributed by atoms with Crippen molar-refractivity contribution in [2.45, 2.75) is 77.0 Å². The first-order chi connectivity index (χ1) is 14.8. The quantitative estimate of drug-likeness (QED) is 0.290. The SMILES string of the molecule is FCC/C=C/C1CCC(C2CCC(CCc3ccc(OC(F)(F)F)c(F)c3)CC2)CC1. The highest BCUT2D eigenvalue weighted by molar-refractivity contribution is 5.29. The van der Waals surface area contributed by atoms with Gasteiger partial charge < -0.3 is 4.74 Å². The smallest absolute Gasteiger partial charge is 0.403 e. The maximum absolute atomic E-state index is 13.9. The molecule has 1 aromatic carbocycles. The molecule has 0 aromatic heterocycles. The first-order valence-electron chi connectivity index (χ1n) is 11.6. The summed E-state index contributed by atoms with van der Waals surface area (Å²) in [6.07, 6.45) is 11.3. The van der Waals surface area contributed by atoms with Gasteiger partial charge in [-0.05, 0) is 99.2 Å². The Hall–Kier alpha value is -1.59. The molecule has 174 valence electrons. The summed E-state index contributed by atoms with van der Waals surface area (Å²) in [5.74, 6) is 1.08. The highest BCUT2D eigenvalue weighted by Crippen LogP contribution is 2.42. The lowest BCUT2D eigenvalue weighted by Gasteiger charge is -2.37. The number of aryl methyl sites for hydroxylation is 1. The van der Waals surface area contributed by atoms with Crippen molar-refractivity contribution >= 4 is 0 Å². The van der Waals surface area contributed by atoms with Crippen LogP contribution >= 0.6 is 0 Å². The minimum absolute atomic E-state index is 0.276. The zero-order valence-corrected chi connectivity index (χ0v) is 18.0. The van der Waals surface area contributed by atoms with Crippen molar-refractivity contribution < 1.29 is 26.7 Å². The molecule has 0 radical (unpaired) electrons. The Morgan fingerprint density at radius 2 is 1.58 bits per heavy atom. The van der Waals surface area contributed by atoms with Crippen molar-refractivity contribution in [3.05, 3.63) is 41.7 Å². The Balaban J connectivity index is 1.38. The molecule has 3 rings (SSSR count). The van der Waals surface area contributed by atoms with Gasteiger partial charge in [0.25, 0.3) is 0 Å². The van der Waals surface area contributed by atoms with Gasteiger partial charge in [-0.25, -0.2) is 4.39 Å². The molecule has 0 aliphatic heterocycles. The lowest BCUT2D eigenvalue weighted by molar-refractivity contribution is -0.275. The van der Waals surface area contributed by atoms with E-state index in [1.165, 1.54) is 57.4 Å². The third kappa shape index (κ3) is 7.80. The molecule has 0 heterocycles. The monoisotopic (exact) mass is 444 g/mol. The van der Waals surface area contributed by atoms with Gasteiger partial charge in [-0.15, -0.1) is 13.2 Å². The summed E-state index contributed by atoms with van der Waals surface area (Å²) in [6.45, 7) is -0.276. The van der Waals surface area contributed by atoms with Gasteiger partial charge in [-0.2, -0.15) is 0 Å². The molecule has 6 heteroatoms. The zero-order valence-electron chi connectivity index (χ0n) is 18.0. The second-order valence-electron chi connectivity index (χ2n) is 9.21. The lowest BCUT2D eigenvalue weighted by Crippen LogP contribution is -2.25. The van der Waals surface area contributed by atoms with Crippen LogP contribution in [0.15, 0.2) is 30.4 Å². The number of alkyl halides is 4. The van der Waals surface area contributed by atoms with E-state index >= 15 is 0 Å². The van der Waals surface area contributed by atoms with Crippen molar-refractivity contribution in [2.24, 2.45) is 23.7 Å². The predicted molar refractivity (Wildman–Crippen MR) is 112 cm³/mol. The molecule has 2 aliphatic rings. The van der Waals surface area contributed by atoms with Gasteiger partial charge in [0, 0.05) is 0 Å². The van der Waals surface area contributed by atoms with Crippen LogP contribution in [0, 0.1) is 29.5 Å². The average Bonchev–Trinajstić information content (AvgIpc) is 2.74. The van der Waals surface area contributed by atoms with E-state index < -0.39 is 17.9 Å². The van der Waals surface area contributed by atoms with Gasteiger partial charge in [0.2, 0.25) is 0 Å². The van der Waals surface area contributed by atoms with Crippen LogP contribution in [0.25, 0.3) is 0 Å². The Labute approximate surface area is 182 Å². The third-order valence-electron chi connectivity index (χ3n) is 7.12. The third-order valence-corrected chi connectivity index (χ3v) is 7.12. The number of hydrogen-bond donors (Lipinski definition) is 0. The Bertz CT molecular complexity index is 698. The molecule has 0 amide bonds. The zero-order chi connectivity index (χ0) is 22.3. The van der Waals surface area contributed by atoms with Crippen LogP contribution < -0.4 is 4.74 Å². The fourth-order valence-electron chi connectivity index (χ4n) is 5.39. The molecule has 31 heavy (non-hydrogen) atoms. The second kappa shape index (κ2) is 11.3. The van der Waals surface area contributed by atoms with Crippen LogP contribution in [-0.2, 0) is 6.42 Å². The number of ether oxygens (including phenoxy) is 1. The van der Waals surface area contributed by atoms with E-state index in [2.05, 4.69) is 10.8 Å². The van der Waals surface area contributed by atoms with E-state index in [9.17, 15) is 22.0 Å². The molecule has 0 bridgehead atoms. The van der Waals surface area contributed by atoms with Crippen molar-refractivity contribution in [1.29, 1.82) is 0 Å². The van der Waals surface area contributed by atoms with Crippen molar-refractivity contribution in [3.8, 4) is 5.75 Å². The first kappa shape index (κ1) is 24.1. The van der Waals surface area contributed by atoms with E-state index in [4.69, 9.17) is 0 Å². The maximum atomic E-state index is 13.9. The van der Waals surface area contributed by atoms with E-state index in [1.54, 1.807) is 0 Å². The Morgan fingerprint density at radius 3 is 2.16 bits per heavy atom. The average molecular weight is 445 g/mol. The number of allylic oxidation sites excluding steroid dienone is 2. The summed E-state index contributed by atoms with van der Waals surface area (Å²) in [7, 11) is 0. The molecule has 2 saturated carbocycles. The summed E-state index contributed by atoms with van der Waals surface area (Å²) in [5.41, 5.74) is 0.716. The number of halogens is 5. The van der Waals surface area contributed by atoms with Gasteiger partial charge in [-0.3, -0.25) is 4.39 Å². The van der Waals surface area contributed by atoms with Gasteiger partial charge in [0.1, 0.15) is 0 Å².